The summed E-state index contributed by atoms with van der Waals surface area (Å²) >= 11 is 0. The van der Waals surface area contributed by atoms with Gasteiger partial charge in [-0.3, -0.25) is 9.59 Å². The van der Waals surface area contributed by atoms with E-state index < -0.39 is 5.91 Å². The van der Waals surface area contributed by atoms with Crippen LogP contribution >= 0.6 is 0 Å². The first-order valence-electron chi connectivity index (χ1n) is 13.4. The monoisotopic (exact) mass is 513 g/mol. The first kappa shape index (κ1) is 34.1. The molecule has 208 valence electrons. The maximum Gasteiger partial charge on any atom is 0.248 e. The number of rotatable bonds is 9. The Hall–Kier alpha value is -2.86. The van der Waals surface area contributed by atoms with Crippen LogP contribution in [0.3, 0.4) is 0 Å². The number of nitrogens with zero attached hydrogens (tertiary/aromatic N) is 2. The number of allylic oxidation sites excluding steroid dienone is 2. The molecule has 2 N–H and O–H groups in total. The molecule has 6 nitrogen and oxygen atoms in total. The maximum absolute atomic E-state index is 12.2. The average Bonchev–Trinajstić information content (AvgIpc) is 3.31. The molecule has 1 saturated heterocycles. The number of aromatic nitrogens is 1. The van der Waals surface area contributed by atoms with Crippen LogP contribution < -0.4 is 5.73 Å². The van der Waals surface area contributed by atoms with E-state index >= 15 is 0 Å². The Balaban J connectivity index is 0.00000247. The van der Waals surface area contributed by atoms with Gasteiger partial charge in [0.25, 0.3) is 0 Å². The Kier molecular flexibility index (Phi) is 16.2. The topological polar surface area (TPSA) is 77.6 Å². The van der Waals surface area contributed by atoms with Crippen molar-refractivity contribution in [2.24, 2.45) is 11.7 Å². The molecular weight excluding hydrogens is 462 g/mol. The zero-order valence-electron chi connectivity index (χ0n) is 23.6. The van der Waals surface area contributed by atoms with Crippen LogP contribution in [0.25, 0.3) is 10.9 Å². The first-order chi connectivity index (χ1) is 17.3. The Morgan fingerprint density at radius 2 is 1.73 bits per heavy atom. The van der Waals surface area contributed by atoms with Gasteiger partial charge < -0.3 is 19.9 Å². The van der Waals surface area contributed by atoms with Crippen molar-refractivity contribution in [3.05, 3.63) is 59.5 Å². The largest absolute Gasteiger partial charge is 0.496 e. The number of primary amides is 1. The van der Waals surface area contributed by atoms with Gasteiger partial charge in [0.05, 0.1) is 7.11 Å². The molecule has 3 rings (SSSR count). The van der Waals surface area contributed by atoms with E-state index in [1.165, 1.54) is 0 Å². The van der Waals surface area contributed by atoms with E-state index in [9.17, 15) is 9.59 Å². The lowest BCUT2D eigenvalue weighted by molar-refractivity contribution is -0.114. The van der Waals surface area contributed by atoms with Crippen molar-refractivity contribution in [3.8, 4) is 0 Å². The highest BCUT2D eigenvalue weighted by Gasteiger charge is 2.22. The van der Waals surface area contributed by atoms with E-state index in [0.717, 1.165) is 49.0 Å². The Labute approximate surface area is 225 Å². The molecule has 0 bridgehead atoms. The minimum Gasteiger partial charge on any atom is -0.496 e. The van der Waals surface area contributed by atoms with Gasteiger partial charge >= 0.3 is 0 Å². The molecule has 1 amide bonds. The Bertz CT molecular complexity index is 1030. The summed E-state index contributed by atoms with van der Waals surface area (Å²) in [5, 5.41) is 1.12. The minimum absolute atomic E-state index is 0. The summed E-state index contributed by atoms with van der Waals surface area (Å²) in [5.74, 6) is 0.734. The number of Topliss-reactive ketones (excluding diaryl/α,β-unsaturated/α-hetero) is 1. The van der Waals surface area contributed by atoms with Crippen molar-refractivity contribution < 1.29 is 14.3 Å². The average molecular weight is 514 g/mol. The van der Waals surface area contributed by atoms with Crippen LogP contribution in [0.1, 0.15) is 91.6 Å². The predicted octanol–water partition coefficient (Wildman–Crippen LogP) is 7.16. The van der Waals surface area contributed by atoms with Gasteiger partial charge in [-0.2, -0.15) is 0 Å². The molecule has 2 aromatic rings. The third-order valence-corrected chi connectivity index (χ3v) is 6.21. The van der Waals surface area contributed by atoms with Gasteiger partial charge in [-0.05, 0) is 61.8 Å². The van der Waals surface area contributed by atoms with Gasteiger partial charge in [0.2, 0.25) is 5.91 Å². The zero-order chi connectivity index (χ0) is 27.3. The molecule has 37 heavy (non-hydrogen) atoms. The molecule has 2 heterocycles. The van der Waals surface area contributed by atoms with Crippen LogP contribution in [-0.4, -0.2) is 47.9 Å². The molecule has 0 saturated carbocycles. The number of hydrogen-bond acceptors (Lipinski definition) is 4. The number of likely N-dealkylation sites (tertiary alicyclic amines) is 1. The van der Waals surface area contributed by atoms with Gasteiger partial charge in [0.1, 0.15) is 5.76 Å². The summed E-state index contributed by atoms with van der Waals surface area (Å²) in [6, 6.07) is 8.11. The molecule has 0 unspecified atom stereocenters. The summed E-state index contributed by atoms with van der Waals surface area (Å²) in [6.45, 7) is 16.6. The number of nitrogens with two attached hydrogens (primary N) is 1. The van der Waals surface area contributed by atoms with Crippen molar-refractivity contribution in [2.75, 3.05) is 26.7 Å². The van der Waals surface area contributed by atoms with Crippen molar-refractivity contribution in [1.82, 2.24) is 9.47 Å². The van der Waals surface area contributed by atoms with E-state index in [0.29, 0.717) is 29.7 Å². The SMILES string of the molecule is C.CC.CC.COC(/C=C\C(C)C)=C(\CCN1CCC(n2ccc3ccc(C(N)=O)cc32)CC1)C(C)=O. The summed E-state index contributed by atoms with van der Waals surface area (Å²) in [5.41, 5.74) is 7.82. The quantitative estimate of drug-likeness (QED) is 0.219. The van der Waals surface area contributed by atoms with Gasteiger partial charge in [0, 0.05) is 48.5 Å². The molecule has 0 atom stereocenters. The van der Waals surface area contributed by atoms with Crippen LogP contribution in [0, 0.1) is 5.92 Å². The number of amides is 1. The minimum atomic E-state index is -0.400. The number of benzene rings is 1. The fourth-order valence-electron chi connectivity index (χ4n) is 4.36. The van der Waals surface area contributed by atoms with Crippen LogP contribution in [0.4, 0.5) is 0 Å². The smallest absolute Gasteiger partial charge is 0.248 e. The van der Waals surface area contributed by atoms with Crippen molar-refractivity contribution in [3.63, 3.8) is 0 Å². The van der Waals surface area contributed by atoms with E-state index in [1.807, 2.05) is 45.9 Å². The molecule has 1 aliphatic rings. The number of methoxy groups -OCH3 is 1. The highest BCUT2D eigenvalue weighted by molar-refractivity contribution is 5.97. The number of piperidine rings is 1. The summed E-state index contributed by atoms with van der Waals surface area (Å²) < 4.78 is 7.79. The molecule has 1 aromatic heterocycles. The number of ketones is 1. The van der Waals surface area contributed by atoms with Crippen LogP contribution in [0.2, 0.25) is 0 Å². The third-order valence-electron chi connectivity index (χ3n) is 6.21. The maximum atomic E-state index is 12.2. The van der Waals surface area contributed by atoms with Crippen molar-refractivity contribution >= 4 is 22.6 Å². The lowest BCUT2D eigenvalue weighted by Gasteiger charge is -2.33. The van der Waals surface area contributed by atoms with E-state index in [1.54, 1.807) is 20.1 Å². The second-order valence-electron chi connectivity index (χ2n) is 8.89. The Morgan fingerprint density at radius 1 is 1.11 bits per heavy atom. The first-order valence-corrected chi connectivity index (χ1v) is 13.4. The molecule has 0 spiro atoms. The van der Waals surface area contributed by atoms with E-state index in [4.69, 9.17) is 10.5 Å². The van der Waals surface area contributed by atoms with E-state index in [-0.39, 0.29) is 13.2 Å². The second kappa shape index (κ2) is 17.6. The number of fused-ring (bicyclic) bond motifs is 1. The summed E-state index contributed by atoms with van der Waals surface area (Å²) in [4.78, 5) is 26.2. The highest BCUT2D eigenvalue weighted by atomic mass is 16.5. The molecule has 1 aromatic carbocycles. The van der Waals surface area contributed by atoms with Crippen LogP contribution in [-0.2, 0) is 9.53 Å². The third kappa shape index (κ3) is 9.84. The zero-order valence-corrected chi connectivity index (χ0v) is 23.6. The molecule has 0 aliphatic carbocycles. The number of ether oxygens (including phenoxy) is 1. The van der Waals surface area contributed by atoms with Crippen LogP contribution in [0.15, 0.2) is 53.9 Å². The van der Waals surface area contributed by atoms with E-state index in [2.05, 4.69) is 41.7 Å². The molecule has 6 heteroatoms. The standard InChI is InChI=1S/C26H35N3O3.2C2H6.CH4/c1-18(2)5-8-25(32-4)23(19(3)30)12-15-28-13-10-22(11-14-28)29-16-9-20-6-7-21(26(27)31)17-24(20)29;2*1-2;/h5-9,16-18,22H,10-15H2,1-4H3,(H2,27,31);2*1-2H3;1H4/b8-5-,25-23+;;;. The number of carbonyl (C=O) groups is 2. The van der Waals surface area contributed by atoms with Gasteiger partial charge in [-0.1, -0.05) is 61.1 Å². The second-order valence-corrected chi connectivity index (χ2v) is 8.89. The Morgan fingerprint density at radius 3 is 2.24 bits per heavy atom. The van der Waals surface area contributed by atoms with Crippen molar-refractivity contribution in [2.45, 2.75) is 81.2 Å². The summed E-state index contributed by atoms with van der Waals surface area (Å²) in [6.07, 6.45) is 8.81. The lowest BCUT2D eigenvalue weighted by atomic mass is 10.0. The highest BCUT2D eigenvalue weighted by Crippen LogP contribution is 2.29. The predicted molar refractivity (Wildman–Crippen MR) is 158 cm³/mol. The molecule has 1 fully saturated rings. The van der Waals surface area contributed by atoms with Gasteiger partial charge in [0.15, 0.2) is 5.78 Å². The lowest BCUT2D eigenvalue weighted by Crippen LogP contribution is -2.35. The summed E-state index contributed by atoms with van der Waals surface area (Å²) in [7, 11) is 1.62. The van der Waals surface area contributed by atoms with Crippen molar-refractivity contribution in [1.29, 1.82) is 0 Å². The van der Waals surface area contributed by atoms with Crippen LogP contribution in [0.5, 0.6) is 0 Å². The fourth-order valence-corrected chi connectivity index (χ4v) is 4.36. The van der Waals surface area contributed by atoms with Gasteiger partial charge in [-0.25, -0.2) is 0 Å². The normalized spacial score (nSPS) is 14.7. The molecular formula is C31H51N3O3. The number of carbonyl (C=O) groups excluding carboxylic acids is 2. The molecule has 0 radical (unpaired) electrons. The fraction of sp³-hybridized carbons (Fsp3) is 0.548. The number of hydrogen-bond donors (Lipinski definition) is 1. The molecule has 1 aliphatic heterocycles. The van der Waals surface area contributed by atoms with Gasteiger partial charge in [-0.15, -0.1) is 0 Å².